The number of fused-ring (bicyclic) bond motifs is 1. The Morgan fingerprint density at radius 2 is 2.20 bits per heavy atom. The lowest BCUT2D eigenvalue weighted by Gasteiger charge is -2.25. The van der Waals surface area contributed by atoms with Gasteiger partial charge in [0.2, 0.25) is 0 Å². The first-order chi connectivity index (χ1) is 12.3. The minimum Gasteiger partial charge on any atom is -0.352 e. The number of carbonyl (C=O) groups is 1. The van der Waals surface area contributed by atoms with Crippen LogP contribution in [0.4, 0.5) is 0 Å². The summed E-state index contributed by atoms with van der Waals surface area (Å²) < 4.78 is 0. The summed E-state index contributed by atoms with van der Waals surface area (Å²) in [5, 5.41) is 13.6. The minimum absolute atomic E-state index is 0.00638. The second kappa shape index (κ2) is 7.64. The zero-order valence-electron chi connectivity index (χ0n) is 14.5. The summed E-state index contributed by atoms with van der Waals surface area (Å²) in [6.07, 6.45) is 9.74. The molecule has 0 saturated heterocycles. The summed E-state index contributed by atoms with van der Waals surface area (Å²) in [7, 11) is 0. The minimum atomic E-state index is -0.00638. The van der Waals surface area contributed by atoms with Crippen molar-refractivity contribution in [1.82, 2.24) is 20.4 Å². The van der Waals surface area contributed by atoms with Crippen LogP contribution >= 0.6 is 11.8 Å². The number of carbonyl (C=O) groups excluding carboxylic acids is 1. The first-order valence-electron chi connectivity index (χ1n) is 9.32. The smallest absolute Gasteiger partial charge is 0.254 e. The molecule has 1 amide bonds. The first-order valence-corrected chi connectivity index (χ1v) is 10.2. The Kier molecular flexibility index (Phi) is 5.10. The molecular formula is C18H25N5OS. The molecule has 3 heterocycles. The molecule has 0 radical (unpaired) electrons. The molecule has 4 rings (SSSR count). The van der Waals surface area contributed by atoms with Gasteiger partial charge in [0, 0.05) is 37.7 Å². The van der Waals surface area contributed by atoms with Crippen molar-refractivity contribution >= 4 is 22.8 Å². The summed E-state index contributed by atoms with van der Waals surface area (Å²) in [5.74, 6) is 0.450. The average molecular weight is 359 g/mol. The lowest BCUT2D eigenvalue weighted by Crippen LogP contribution is -2.32. The molecule has 25 heavy (non-hydrogen) atoms. The van der Waals surface area contributed by atoms with Crippen molar-refractivity contribution < 1.29 is 4.79 Å². The van der Waals surface area contributed by atoms with E-state index in [1.54, 1.807) is 18.0 Å². The van der Waals surface area contributed by atoms with E-state index in [-0.39, 0.29) is 5.91 Å². The van der Waals surface area contributed by atoms with Crippen molar-refractivity contribution in [2.75, 3.05) is 19.6 Å². The standard InChI is InChI=1S/C18H25N5OS/c24-17(15-11-21-22-16(15)13-5-2-1-3-6-13)19-9-7-14-12-25-18-20-8-4-10-23(14)18/h11-13H,1-10H2,(H,19,24)(H,21,22). The maximum Gasteiger partial charge on any atom is 0.254 e. The fraction of sp³-hybridized carbons (Fsp3) is 0.611. The number of aromatic amines is 1. The van der Waals surface area contributed by atoms with Gasteiger partial charge in [-0.2, -0.15) is 5.10 Å². The van der Waals surface area contributed by atoms with E-state index in [0.29, 0.717) is 12.5 Å². The van der Waals surface area contributed by atoms with Crippen molar-refractivity contribution in [2.24, 2.45) is 4.99 Å². The SMILES string of the molecule is O=C(NCCC1=CSC2=NCCCN12)c1cn[nH]c1C1CCCCC1. The second-order valence-electron chi connectivity index (χ2n) is 6.93. The van der Waals surface area contributed by atoms with Gasteiger partial charge in [-0.15, -0.1) is 0 Å². The molecule has 2 N–H and O–H groups in total. The van der Waals surface area contributed by atoms with Crippen molar-refractivity contribution in [2.45, 2.75) is 50.9 Å². The van der Waals surface area contributed by atoms with E-state index >= 15 is 0 Å². The summed E-state index contributed by atoms with van der Waals surface area (Å²) in [5.41, 5.74) is 3.02. The molecule has 1 aliphatic carbocycles. The number of nitrogens with one attached hydrogen (secondary N) is 2. The average Bonchev–Trinajstić information content (AvgIpc) is 3.30. The van der Waals surface area contributed by atoms with E-state index in [1.165, 1.54) is 25.0 Å². The molecule has 3 aliphatic rings. The maximum absolute atomic E-state index is 12.6. The lowest BCUT2D eigenvalue weighted by atomic mass is 9.85. The van der Waals surface area contributed by atoms with Gasteiger partial charge in [-0.3, -0.25) is 14.9 Å². The summed E-state index contributed by atoms with van der Waals surface area (Å²) in [6.45, 7) is 2.62. The van der Waals surface area contributed by atoms with Crippen LogP contribution < -0.4 is 5.32 Å². The van der Waals surface area contributed by atoms with E-state index in [0.717, 1.165) is 55.2 Å². The lowest BCUT2D eigenvalue weighted by molar-refractivity contribution is 0.0952. The third-order valence-electron chi connectivity index (χ3n) is 5.26. The Bertz CT molecular complexity index is 689. The van der Waals surface area contributed by atoms with Crippen LogP contribution in [-0.2, 0) is 0 Å². The van der Waals surface area contributed by atoms with Crippen molar-refractivity contribution in [3.63, 3.8) is 0 Å². The highest BCUT2D eigenvalue weighted by Crippen LogP contribution is 2.33. The molecule has 0 bridgehead atoms. The number of hydrogen-bond donors (Lipinski definition) is 2. The van der Waals surface area contributed by atoms with Gasteiger partial charge in [0.25, 0.3) is 5.91 Å². The number of thioether (sulfide) groups is 1. The molecule has 0 unspecified atom stereocenters. The Morgan fingerprint density at radius 3 is 3.08 bits per heavy atom. The van der Waals surface area contributed by atoms with Gasteiger partial charge in [-0.25, -0.2) is 0 Å². The van der Waals surface area contributed by atoms with Crippen molar-refractivity contribution in [3.8, 4) is 0 Å². The molecule has 0 spiro atoms. The fourth-order valence-electron chi connectivity index (χ4n) is 3.91. The van der Waals surface area contributed by atoms with Crippen LogP contribution in [0, 0.1) is 0 Å². The number of H-pyrrole nitrogens is 1. The molecule has 1 aromatic heterocycles. The summed E-state index contributed by atoms with van der Waals surface area (Å²) >= 11 is 1.70. The van der Waals surface area contributed by atoms with Crippen LogP contribution in [0.15, 0.2) is 22.3 Å². The molecular weight excluding hydrogens is 334 g/mol. The highest BCUT2D eigenvalue weighted by Gasteiger charge is 2.25. The molecule has 0 atom stereocenters. The molecule has 1 aromatic rings. The van der Waals surface area contributed by atoms with Crippen LogP contribution in [-0.4, -0.2) is 45.8 Å². The van der Waals surface area contributed by atoms with Crippen molar-refractivity contribution in [1.29, 1.82) is 0 Å². The van der Waals surface area contributed by atoms with Crippen molar-refractivity contribution in [3.05, 3.63) is 28.6 Å². The molecule has 7 heteroatoms. The van der Waals surface area contributed by atoms with E-state index in [4.69, 9.17) is 0 Å². The van der Waals surface area contributed by atoms with Crippen LogP contribution in [0.25, 0.3) is 0 Å². The van der Waals surface area contributed by atoms with Gasteiger partial charge in [0.15, 0.2) is 5.17 Å². The zero-order valence-corrected chi connectivity index (χ0v) is 15.3. The number of amidine groups is 1. The van der Waals surface area contributed by atoms with Gasteiger partial charge in [0.05, 0.1) is 17.5 Å². The molecule has 2 aliphatic heterocycles. The summed E-state index contributed by atoms with van der Waals surface area (Å²) in [4.78, 5) is 19.4. The Hall–Kier alpha value is -1.76. The van der Waals surface area contributed by atoms with Gasteiger partial charge < -0.3 is 10.2 Å². The monoisotopic (exact) mass is 359 g/mol. The number of aliphatic imine (C=N–C) groups is 1. The molecule has 1 fully saturated rings. The number of amides is 1. The highest BCUT2D eigenvalue weighted by atomic mass is 32.2. The first kappa shape index (κ1) is 16.7. The van der Waals surface area contributed by atoms with E-state index < -0.39 is 0 Å². The van der Waals surface area contributed by atoms with Gasteiger partial charge in [-0.1, -0.05) is 31.0 Å². The molecule has 6 nitrogen and oxygen atoms in total. The van der Waals surface area contributed by atoms with Crippen LogP contribution in [0.1, 0.15) is 66.9 Å². The molecule has 134 valence electrons. The predicted molar refractivity (Wildman–Crippen MR) is 101 cm³/mol. The van der Waals surface area contributed by atoms with Crippen LogP contribution in [0.3, 0.4) is 0 Å². The normalized spacial score (nSPS) is 20.9. The predicted octanol–water partition coefficient (Wildman–Crippen LogP) is 3.23. The van der Waals surface area contributed by atoms with Crippen LogP contribution in [0.2, 0.25) is 0 Å². The van der Waals surface area contributed by atoms with E-state index in [2.05, 4.69) is 30.8 Å². The quantitative estimate of drug-likeness (QED) is 0.846. The zero-order chi connectivity index (χ0) is 17.1. The van der Waals surface area contributed by atoms with Crippen LogP contribution in [0.5, 0.6) is 0 Å². The third kappa shape index (κ3) is 3.61. The number of aromatic nitrogens is 2. The topological polar surface area (TPSA) is 73.4 Å². The Labute approximate surface area is 152 Å². The maximum atomic E-state index is 12.6. The Morgan fingerprint density at radius 1 is 1.32 bits per heavy atom. The third-order valence-corrected chi connectivity index (χ3v) is 6.21. The largest absolute Gasteiger partial charge is 0.352 e. The molecule has 1 saturated carbocycles. The summed E-state index contributed by atoms with van der Waals surface area (Å²) in [6, 6.07) is 0. The van der Waals surface area contributed by atoms with E-state index in [1.807, 2.05) is 0 Å². The number of nitrogens with zero attached hydrogens (tertiary/aromatic N) is 3. The van der Waals surface area contributed by atoms with Gasteiger partial charge >= 0.3 is 0 Å². The molecule has 0 aromatic carbocycles. The second-order valence-corrected chi connectivity index (χ2v) is 7.77. The van der Waals surface area contributed by atoms with Gasteiger partial charge in [-0.05, 0) is 24.7 Å². The fourth-order valence-corrected chi connectivity index (χ4v) is 4.90. The number of hydrogen-bond acceptors (Lipinski definition) is 5. The number of rotatable bonds is 5. The highest BCUT2D eigenvalue weighted by molar-refractivity contribution is 8.16. The van der Waals surface area contributed by atoms with E-state index in [9.17, 15) is 4.79 Å². The van der Waals surface area contributed by atoms with Gasteiger partial charge in [0.1, 0.15) is 0 Å². The Balaban J connectivity index is 1.32.